The Morgan fingerprint density at radius 2 is 1.82 bits per heavy atom. The number of nitrogens with one attached hydrogen (secondary N) is 1. The predicted octanol–water partition coefficient (Wildman–Crippen LogP) is 2.82. The first kappa shape index (κ1) is 23.1. The SMILES string of the molecule is CC(C)(C)OC(=O)N[C@H]1C[C@H]2CC(O2)[C@H]2CC[C@@H](C(=O)N3CC[C@H](c4ccccc4)C3)N2C1=O. The monoisotopic (exact) mass is 469 g/mol. The molecule has 5 aliphatic rings. The summed E-state index contributed by atoms with van der Waals surface area (Å²) in [6.07, 6.45) is 2.86. The number of hydrogen-bond donors (Lipinski definition) is 1. The molecule has 1 N–H and O–H groups in total. The van der Waals surface area contributed by atoms with E-state index in [-0.39, 0.29) is 30.1 Å². The van der Waals surface area contributed by atoms with Crippen LogP contribution in [0.5, 0.6) is 0 Å². The fourth-order valence-electron chi connectivity index (χ4n) is 5.94. The van der Waals surface area contributed by atoms with Crippen LogP contribution in [0, 0.1) is 0 Å². The van der Waals surface area contributed by atoms with Crippen molar-refractivity contribution in [3.05, 3.63) is 35.9 Å². The van der Waals surface area contributed by atoms with Gasteiger partial charge in [0, 0.05) is 31.8 Å². The lowest BCUT2D eigenvalue weighted by molar-refractivity contribution is -0.184. The van der Waals surface area contributed by atoms with Crippen LogP contribution in [0.2, 0.25) is 0 Å². The zero-order chi connectivity index (χ0) is 24.0. The number of benzene rings is 1. The lowest BCUT2D eigenvalue weighted by Gasteiger charge is -2.48. The molecule has 8 nitrogen and oxygen atoms in total. The summed E-state index contributed by atoms with van der Waals surface area (Å²) in [4.78, 5) is 43.4. The molecule has 0 saturated carbocycles. The highest BCUT2D eigenvalue weighted by Crippen LogP contribution is 2.40. The third kappa shape index (κ3) is 4.52. The number of ether oxygens (including phenoxy) is 2. The minimum absolute atomic E-state index is 0.0155. The molecule has 6 rings (SSSR count). The molecule has 8 heteroatoms. The van der Waals surface area contributed by atoms with Crippen molar-refractivity contribution >= 4 is 17.9 Å². The maximum absolute atomic E-state index is 13.7. The summed E-state index contributed by atoms with van der Waals surface area (Å²) >= 11 is 0. The zero-order valence-electron chi connectivity index (χ0n) is 20.2. The minimum atomic E-state index is -0.757. The summed E-state index contributed by atoms with van der Waals surface area (Å²) in [5.41, 5.74) is 0.590. The molecule has 0 radical (unpaired) electrons. The van der Waals surface area contributed by atoms with Crippen LogP contribution >= 0.6 is 0 Å². The molecule has 0 aliphatic carbocycles. The Morgan fingerprint density at radius 3 is 2.53 bits per heavy atom. The van der Waals surface area contributed by atoms with Crippen molar-refractivity contribution in [2.45, 2.75) is 94.7 Å². The van der Waals surface area contributed by atoms with E-state index in [0.717, 1.165) is 19.3 Å². The lowest BCUT2D eigenvalue weighted by Crippen LogP contribution is -2.64. The molecule has 34 heavy (non-hydrogen) atoms. The maximum Gasteiger partial charge on any atom is 0.408 e. The van der Waals surface area contributed by atoms with Crippen LogP contribution < -0.4 is 5.32 Å². The number of hydrogen-bond acceptors (Lipinski definition) is 5. The van der Waals surface area contributed by atoms with Gasteiger partial charge in [-0.1, -0.05) is 30.3 Å². The van der Waals surface area contributed by atoms with Crippen LogP contribution in [0.4, 0.5) is 4.79 Å². The molecule has 2 bridgehead atoms. The third-order valence-electron chi connectivity index (χ3n) is 7.52. The Bertz CT molecular complexity index is 940. The van der Waals surface area contributed by atoms with Crippen molar-refractivity contribution in [1.82, 2.24) is 15.1 Å². The van der Waals surface area contributed by atoms with Crippen LogP contribution in [0.3, 0.4) is 0 Å². The average molecular weight is 470 g/mol. The van der Waals surface area contributed by atoms with Crippen molar-refractivity contribution in [2.75, 3.05) is 13.1 Å². The summed E-state index contributed by atoms with van der Waals surface area (Å²) in [6, 6.07) is 8.92. The number of carbonyl (C=O) groups excluding carboxylic acids is 3. The van der Waals surface area contributed by atoms with Gasteiger partial charge in [-0.25, -0.2) is 4.79 Å². The molecular weight excluding hydrogens is 434 g/mol. The van der Waals surface area contributed by atoms with Gasteiger partial charge in [0.2, 0.25) is 11.8 Å². The van der Waals surface area contributed by atoms with E-state index >= 15 is 0 Å². The molecular formula is C26H35N3O5. The molecule has 0 spiro atoms. The second kappa shape index (κ2) is 8.87. The second-order valence-corrected chi connectivity index (χ2v) is 11.1. The molecule has 6 atom stereocenters. The van der Waals surface area contributed by atoms with Gasteiger partial charge in [0.05, 0.1) is 18.2 Å². The predicted molar refractivity (Wildman–Crippen MR) is 125 cm³/mol. The molecule has 1 aromatic rings. The topological polar surface area (TPSA) is 88.2 Å². The standard InChI is InChI=1S/C26H35N3O5/c1-26(2,3)34-25(32)27-19-13-18-14-22(33-18)20-9-10-21(29(20)23(19)30)24(31)28-12-11-17(15-28)16-7-5-4-6-8-16/h4-8,17-22H,9-15H2,1-3H3,(H,27,32)/t17-,18-,19-,20+,21-,22?/m0/s1. The van der Waals surface area contributed by atoms with Gasteiger partial charge in [-0.15, -0.1) is 0 Å². The van der Waals surface area contributed by atoms with E-state index in [4.69, 9.17) is 9.47 Å². The normalized spacial score (nSPS) is 33.0. The number of nitrogens with zero attached hydrogens (tertiary/aromatic N) is 2. The first-order valence-electron chi connectivity index (χ1n) is 12.5. The first-order chi connectivity index (χ1) is 16.2. The molecule has 184 valence electrons. The van der Waals surface area contributed by atoms with Crippen molar-refractivity contribution in [2.24, 2.45) is 0 Å². The smallest absolute Gasteiger partial charge is 0.408 e. The van der Waals surface area contributed by atoms with E-state index in [2.05, 4.69) is 17.4 Å². The fourth-order valence-corrected chi connectivity index (χ4v) is 5.94. The summed E-state index contributed by atoms with van der Waals surface area (Å²) in [5, 5.41) is 2.76. The maximum atomic E-state index is 13.7. The number of likely N-dealkylation sites (tertiary alicyclic amines) is 1. The molecule has 5 saturated heterocycles. The second-order valence-electron chi connectivity index (χ2n) is 11.1. The molecule has 5 aliphatic heterocycles. The van der Waals surface area contributed by atoms with Crippen LogP contribution in [0.25, 0.3) is 0 Å². The van der Waals surface area contributed by atoms with Gasteiger partial charge in [0.1, 0.15) is 17.7 Å². The van der Waals surface area contributed by atoms with Gasteiger partial charge in [-0.05, 0) is 45.6 Å². The molecule has 3 amide bonds. The Kier molecular flexibility index (Phi) is 6.04. The number of rotatable bonds is 3. The number of amides is 3. The minimum Gasteiger partial charge on any atom is -0.444 e. The largest absolute Gasteiger partial charge is 0.444 e. The van der Waals surface area contributed by atoms with E-state index in [9.17, 15) is 14.4 Å². The molecule has 0 aromatic heterocycles. The van der Waals surface area contributed by atoms with Crippen LogP contribution in [-0.2, 0) is 19.1 Å². The van der Waals surface area contributed by atoms with Crippen molar-refractivity contribution in [3.63, 3.8) is 0 Å². The van der Waals surface area contributed by atoms with Crippen molar-refractivity contribution in [3.8, 4) is 0 Å². The third-order valence-corrected chi connectivity index (χ3v) is 7.52. The van der Waals surface area contributed by atoms with Gasteiger partial charge in [-0.2, -0.15) is 0 Å². The highest BCUT2D eigenvalue weighted by molar-refractivity contribution is 5.92. The van der Waals surface area contributed by atoms with Gasteiger partial charge >= 0.3 is 6.09 Å². The van der Waals surface area contributed by atoms with E-state index in [1.54, 1.807) is 25.7 Å². The number of carbonyl (C=O) groups is 3. The highest BCUT2D eigenvalue weighted by atomic mass is 16.6. The van der Waals surface area contributed by atoms with E-state index in [1.165, 1.54) is 5.56 Å². The Morgan fingerprint density at radius 1 is 1.09 bits per heavy atom. The fraction of sp³-hybridized carbons (Fsp3) is 0.654. The van der Waals surface area contributed by atoms with Gasteiger partial charge in [-0.3, -0.25) is 9.59 Å². The van der Waals surface area contributed by atoms with Crippen LogP contribution in [0.1, 0.15) is 64.4 Å². The highest BCUT2D eigenvalue weighted by Gasteiger charge is 2.53. The zero-order valence-corrected chi connectivity index (χ0v) is 20.2. The average Bonchev–Trinajstić information content (AvgIpc) is 3.40. The van der Waals surface area contributed by atoms with E-state index in [1.807, 2.05) is 23.1 Å². The molecule has 5 fully saturated rings. The lowest BCUT2D eigenvalue weighted by atomic mass is 9.89. The van der Waals surface area contributed by atoms with E-state index < -0.39 is 23.8 Å². The van der Waals surface area contributed by atoms with Crippen molar-refractivity contribution in [1.29, 1.82) is 0 Å². The number of alkyl carbamates (subject to hydrolysis) is 1. The first-order valence-corrected chi connectivity index (χ1v) is 12.5. The quantitative estimate of drug-likeness (QED) is 0.736. The summed E-state index contributed by atoms with van der Waals surface area (Å²) in [7, 11) is 0. The summed E-state index contributed by atoms with van der Waals surface area (Å²) in [5.74, 6) is 0.146. The molecule has 1 aromatic carbocycles. The van der Waals surface area contributed by atoms with E-state index in [0.29, 0.717) is 31.8 Å². The Balaban J connectivity index is 1.31. The van der Waals surface area contributed by atoms with Gasteiger partial charge in [0.25, 0.3) is 0 Å². The van der Waals surface area contributed by atoms with Crippen LogP contribution in [0.15, 0.2) is 30.3 Å². The van der Waals surface area contributed by atoms with Crippen LogP contribution in [-0.4, -0.2) is 76.7 Å². The summed E-state index contributed by atoms with van der Waals surface area (Å²) < 4.78 is 11.5. The Hall–Kier alpha value is -2.61. The summed E-state index contributed by atoms with van der Waals surface area (Å²) in [6.45, 7) is 6.74. The molecule has 1 unspecified atom stereocenters. The van der Waals surface area contributed by atoms with Gasteiger partial charge < -0.3 is 24.6 Å². The number of fused-ring (bicyclic) bond motifs is 2. The van der Waals surface area contributed by atoms with Gasteiger partial charge in [0.15, 0.2) is 0 Å². The van der Waals surface area contributed by atoms with Crippen molar-refractivity contribution < 1.29 is 23.9 Å². The Labute approximate surface area is 200 Å². The molecule has 5 heterocycles.